The molecule has 0 unspecified atom stereocenters. The summed E-state index contributed by atoms with van der Waals surface area (Å²) < 4.78 is 0. The van der Waals surface area contributed by atoms with E-state index in [-0.39, 0.29) is 0 Å². The minimum atomic E-state index is 0.424. The summed E-state index contributed by atoms with van der Waals surface area (Å²) in [5.41, 5.74) is 1.30. The minimum Gasteiger partial charge on any atom is -0.339 e. The number of anilines is 2. The first-order chi connectivity index (χ1) is 9.74. The number of rotatable bonds is 4. The van der Waals surface area contributed by atoms with E-state index in [0.29, 0.717) is 22.5 Å². The van der Waals surface area contributed by atoms with Crippen molar-refractivity contribution in [3.8, 4) is 6.07 Å². The van der Waals surface area contributed by atoms with Gasteiger partial charge < -0.3 is 5.32 Å². The number of nitrogens with one attached hydrogen (secondary N) is 1. The van der Waals surface area contributed by atoms with E-state index in [1.54, 1.807) is 12.1 Å². The molecule has 0 saturated heterocycles. The molecule has 1 saturated carbocycles. The molecule has 1 aliphatic carbocycles. The van der Waals surface area contributed by atoms with Crippen LogP contribution in [0.3, 0.4) is 0 Å². The van der Waals surface area contributed by atoms with Gasteiger partial charge in [-0.1, -0.05) is 23.7 Å². The summed E-state index contributed by atoms with van der Waals surface area (Å²) in [7, 11) is 0. The van der Waals surface area contributed by atoms with E-state index >= 15 is 0 Å². The molecule has 0 spiro atoms. The molecule has 3 rings (SSSR count). The number of aromatic nitrogens is 2. The Labute approximate surface area is 122 Å². The third-order valence-electron chi connectivity index (χ3n) is 3.22. The van der Waals surface area contributed by atoms with Crippen LogP contribution in [0.1, 0.15) is 24.2 Å². The standard InChI is InChI=1S/C15H13ClN4/c16-13-8-15(20-14(19-13)7-10-5-6-10)18-12-4-2-1-3-11(12)9-17/h1-4,8,10H,5-7H2,(H,18,19,20). The lowest BCUT2D eigenvalue weighted by molar-refractivity contribution is 0.771. The van der Waals surface area contributed by atoms with E-state index in [9.17, 15) is 0 Å². The molecule has 1 fully saturated rings. The van der Waals surface area contributed by atoms with Crippen molar-refractivity contribution >= 4 is 23.1 Å². The van der Waals surface area contributed by atoms with Gasteiger partial charge in [0.1, 0.15) is 22.9 Å². The summed E-state index contributed by atoms with van der Waals surface area (Å²) in [4.78, 5) is 8.72. The lowest BCUT2D eigenvalue weighted by atomic mass is 10.2. The fourth-order valence-electron chi connectivity index (χ4n) is 2.03. The maximum absolute atomic E-state index is 9.08. The van der Waals surface area contributed by atoms with Crippen molar-refractivity contribution in [3.63, 3.8) is 0 Å². The number of hydrogen-bond donors (Lipinski definition) is 1. The monoisotopic (exact) mass is 284 g/mol. The smallest absolute Gasteiger partial charge is 0.135 e. The van der Waals surface area contributed by atoms with Crippen LogP contribution in [0.5, 0.6) is 0 Å². The zero-order valence-electron chi connectivity index (χ0n) is 10.8. The summed E-state index contributed by atoms with van der Waals surface area (Å²) in [5, 5.41) is 12.6. The molecule has 1 N–H and O–H groups in total. The highest BCUT2D eigenvalue weighted by Gasteiger charge is 2.23. The SMILES string of the molecule is N#Cc1ccccc1Nc1cc(Cl)nc(CC2CC2)n1. The van der Waals surface area contributed by atoms with Crippen LogP contribution >= 0.6 is 11.6 Å². The van der Waals surface area contributed by atoms with Crippen molar-refractivity contribution in [1.82, 2.24) is 9.97 Å². The lowest BCUT2D eigenvalue weighted by Gasteiger charge is -2.09. The van der Waals surface area contributed by atoms with E-state index in [0.717, 1.165) is 17.9 Å². The zero-order chi connectivity index (χ0) is 13.9. The number of nitriles is 1. The summed E-state index contributed by atoms with van der Waals surface area (Å²) >= 11 is 6.04. The first-order valence-electron chi connectivity index (χ1n) is 6.54. The number of hydrogen-bond acceptors (Lipinski definition) is 4. The number of halogens is 1. The average Bonchev–Trinajstić information content (AvgIpc) is 3.22. The first-order valence-corrected chi connectivity index (χ1v) is 6.92. The van der Waals surface area contributed by atoms with Gasteiger partial charge in [0.2, 0.25) is 0 Å². The van der Waals surface area contributed by atoms with Crippen molar-refractivity contribution in [2.75, 3.05) is 5.32 Å². The van der Waals surface area contributed by atoms with Crippen molar-refractivity contribution in [1.29, 1.82) is 5.26 Å². The van der Waals surface area contributed by atoms with Gasteiger partial charge in [0.05, 0.1) is 11.3 Å². The summed E-state index contributed by atoms with van der Waals surface area (Å²) in [5.74, 6) is 2.09. The molecule has 0 atom stereocenters. The molecule has 1 aromatic carbocycles. The third-order valence-corrected chi connectivity index (χ3v) is 3.41. The summed E-state index contributed by atoms with van der Waals surface area (Å²) in [6, 6.07) is 11.1. The average molecular weight is 285 g/mol. The molecule has 0 radical (unpaired) electrons. The van der Waals surface area contributed by atoms with Crippen LogP contribution in [-0.4, -0.2) is 9.97 Å². The highest BCUT2D eigenvalue weighted by molar-refractivity contribution is 6.29. The van der Waals surface area contributed by atoms with Crippen LogP contribution in [0.25, 0.3) is 0 Å². The molecular formula is C15H13ClN4. The predicted octanol–water partition coefficient (Wildman–Crippen LogP) is 3.70. The zero-order valence-corrected chi connectivity index (χ0v) is 11.6. The molecule has 100 valence electrons. The highest BCUT2D eigenvalue weighted by Crippen LogP contribution is 2.32. The molecule has 20 heavy (non-hydrogen) atoms. The molecule has 1 aliphatic rings. The lowest BCUT2D eigenvalue weighted by Crippen LogP contribution is -2.02. The van der Waals surface area contributed by atoms with Gasteiger partial charge in [-0.25, -0.2) is 9.97 Å². The molecule has 0 amide bonds. The summed E-state index contributed by atoms with van der Waals surface area (Å²) in [6.45, 7) is 0. The van der Waals surface area contributed by atoms with Gasteiger partial charge in [-0.05, 0) is 30.9 Å². The molecule has 0 bridgehead atoms. The van der Waals surface area contributed by atoms with Gasteiger partial charge in [-0.15, -0.1) is 0 Å². The van der Waals surface area contributed by atoms with Crippen LogP contribution < -0.4 is 5.32 Å². The van der Waals surface area contributed by atoms with E-state index in [4.69, 9.17) is 16.9 Å². The van der Waals surface area contributed by atoms with Crippen LogP contribution in [0.2, 0.25) is 5.15 Å². The molecule has 2 aromatic rings. The Bertz CT molecular complexity index is 674. The minimum absolute atomic E-state index is 0.424. The second-order valence-corrected chi connectivity index (χ2v) is 5.31. The molecule has 0 aliphatic heterocycles. The second kappa shape index (κ2) is 5.48. The highest BCUT2D eigenvalue weighted by atomic mass is 35.5. The number of nitrogens with zero attached hydrogens (tertiary/aromatic N) is 3. The Morgan fingerprint density at radius 2 is 2.10 bits per heavy atom. The van der Waals surface area contributed by atoms with Gasteiger partial charge in [0.15, 0.2) is 0 Å². The topological polar surface area (TPSA) is 61.6 Å². The third kappa shape index (κ3) is 3.06. The van der Waals surface area contributed by atoms with Crippen molar-refractivity contribution < 1.29 is 0 Å². The van der Waals surface area contributed by atoms with Gasteiger partial charge >= 0.3 is 0 Å². The molecular weight excluding hydrogens is 272 g/mol. The van der Waals surface area contributed by atoms with Gasteiger partial charge in [-0.3, -0.25) is 0 Å². The van der Waals surface area contributed by atoms with Crippen LogP contribution in [0.4, 0.5) is 11.5 Å². The molecule has 1 aromatic heterocycles. The van der Waals surface area contributed by atoms with E-state index in [2.05, 4.69) is 21.4 Å². The molecule has 4 nitrogen and oxygen atoms in total. The Kier molecular flexibility index (Phi) is 3.53. The van der Waals surface area contributed by atoms with Gasteiger partial charge in [-0.2, -0.15) is 5.26 Å². The molecule has 1 heterocycles. The van der Waals surface area contributed by atoms with Crippen LogP contribution in [-0.2, 0) is 6.42 Å². The maximum Gasteiger partial charge on any atom is 0.135 e. The van der Waals surface area contributed by atoms with Gasteiger partial charge in [0.25, 0.3) is 0 Å². The Morgan fingerprint density at radius 1 is 1.30 bits per heavy atom. The predicted molar refractivity (Wildman–Crippen MR) is 77.9 cm³/mol. The van der Waals surface area contributed by atoms with Crippen LogP contribution in [0, 0.1) is 17.2 Å². The van der Waals surface area contributed by atoms with E-state index in [1.807, 2.05) is 18.2 Å². The van der Waals surface area contributed by atoms with Crippen molar-refractivity contribution in [3.05, 3.63) is 46.9 Å². The fourth-order valence-corrected chi connectivity index (χ4v) is 2.23. The van der Waals surface area contributed by atoms with Crippen LogP contribution in [0.15, 0.2) is 30.3 Å². The maximum atomic E-state index is 9.08. The number of benzene rings is 1. The quantitative estimate of drug-likeness (QED) is 0.870. The largest absolute Gasteiger partial charge is 0.339 e. The Balaban J connectivity index is 1.86. The van der Waals surface area contributed by atoms with Gasteiger partial charge in [0, 0.05) is 12.5 Å². The first kappa shape index (κ1) is 12.9. The molecule has 5 heteroatoms. The van der Waals surface area contributed by atoms with Crippen molar-refractivity contribution in [2.24, 2.45) is 5.92 Å². The summed E-state index contributed by atoms with van der Waals surface area (Å²) in [6.07, 6.45) is 3.36. The van der Waals surface area contributed by atoms with E-state index in [1.165, 1.54) is 12.8 Å². The fraction of sp³-hybridized carbons (Fsp3) is 0.267. The van der Waals surface area contributed by atoms with E-state index < -0.39 is 0 Å². The number of para-hydroxylation sites is 1. The van der Waals surface area contributed by atoms with Crippen molar-refractivity contribution in [2.45, 2.75) is 19.3 Å². The second-order valence-electron chi connectivity index (χ2n) is 4.92. The normalized spacial score (nSPS) is 13.8. The Hall–Kier alpha value is -2.12. The Morgan fingerprint density at radius 3 is 2.85 bits per heavy atom.